The van der Waals surface area contributed by atoms with Crippen LogP contribution < -0.4 is 10.6 Å². The highest BCUT2D eigenvalue weighted by atomic mass is 16.2. The number of nitrogens with zero attached hydrogens (tertiary/aromatic N) is 3. The molecule has 6 nitrogen and oxygen atoms in total. The normalized spacial score (nSPS) is 14.7. The van der Waals surface area contributed by atoms with Crippen molar-refractivity contribution in [1.82, 2.24) is 15.1 Å². The average Bonchev–Trinajstić information content (AvgIpc) is 3.31. The van der Waals surface area contributed by atoms with E-state index in [1.807, 2.05) is 74.0 Å². The summed E-state index contributed by atoms with van der Waals surface area (Å²) in [5, 5.41) is 19.8. The first kappa shape index (κ1) is 23.2. The summed E-state index contributed by atoms with van der Waals surface area (Å²) in [5.74, 6) is 0.105. The Labute approximate surface area is 200 Å². The molecular formula is C28H29N5O. The topological polar surface area (TPSA) is 82.7 Å². The van der Waals surface area contributed by atoms with Crippen molar-refractivity contribution in [3.63, 3.8) is 0 Å². The van der Waals surface area contributed by atoms with Crippen LogP contribution in [-0.4, -0.2) is 28.3 Å². The number of aryl methyl sites for hydroxylation is 1. The molecule has 0 fully saturated rings. The quantitative estimate of drug-likeness (QED) is 0.508. The number of aromatic nitrogens is 2. The SMILES string of the molecule is CC(CNC(C(=O)Nc1ccc(-c2cnn(C)c2)cc1)C1=CCCC=C1)c1ccc(C#N)cc1. The number of nitriles is 1. The minimum atomic E-state index is -0.449. The van der Waals surface area contributed by atoms with Crippen LogP contribution in [0.2, 0.25) is 0 Å². The summed E-state index contributed by atoms with van der Waals surface area (Å²) in [6.07, 6.45) is 12.0. The average molecular weight is 452 g/mol. The fourth-order valence-electron chi connectivity index (χ4n) is 4.04. The lowest BCUT2D eigenvalue weighted by Gasteiger charge is -2.23. The maximum Gasteiger partial charge on any atom is 0.246 e. The van der Waals surface area contributed by atoms with Crippen molar-refractivity contribution >= 4 is 11.6 Å². The zero-order valence-electron chi connectivity index (χ0n) is 19.5. The summed E-state index contributed by atoms with van der Waals surface area (Å²) in [4.78, 5) is 13.3. The second-order valence-electron chi connectivity index (χ2n) is 8.63. The molecule has 2 atom stereocenters. The molecule has 6 heteroatoms. The molecular weight excluding hydrogens is 422 g/mol. The first-order valence-corrected chi connectivity index (χ1v) is 11.5. The second-order valence-corrected chi connectivity index (χ2v) is 8.63. The molecule has 0 aliphatic heterocycles. The van der Waals surface area contributed by atoms with Gasteiger partial charge in [0.1, 0.15) is 6.04 Å². The smallest absolute Gasteiger partial charge is 0.246 e. The predicted octanol–water partition coefficient (Wildman–Crippen LogP) is 4.94. The molecule has 2 aromatic carbocycles. The van der Waals surface area contributed by atoms with Gasteiger partial charge in [0, 0.05) is 31.0 Å². The standard InChI is InChI=1S/C28H29N5O/c1-20(22-10-8-21(16-29)9-11-22)17-30-27(24-6-4-3-5-7-24)28(34)32-26-14-12-23(13-15-26)25-18-31-33(2)19-25/h4,6-15,18-20,27,30H,3,5,17H2,1-2H3,(H,32,34). The van der Waals surface area contributed by atoms with Gasteiger partial charge in [-0.15, -0.1) is 0 Å². The van der Waals surface area contributed by atoms with Crippen molar-refractivity contribution in [1.29, 1.82) is 5.26 Å². The number of rotatable bonds is 8. The number of allylic oxidation sites excluding steroid dienone is 2. The highest BCUT2D eigenvalue weighted by Gasteiger charge is 2.23. The summed E-state index contributed by atoms with van der Waals surface area (Å²) in [6.45, 7) is 2.75. The highest BCUT2D eigenvalue weighted by Crippen LogP contribution is 2.22. The summed E-state index contributed by atoms with van der Waals surface area (Å²) in [6, 6.07) is 17.1. The van der Waals surface area contributed by atoms with E-state index in [9.17, 15) is 4.79 Å². The first-order valence-electron chi connectivity index (χ1n) is 11.5. The molecule has 0 spiro atoms. The minimum Gasteiger partial charge on any atom is -0.324 e. The van der Waals surface area contributed by atoms with Gasteiger partial charge in [0.15, 0.2) is 0 Å². The van der Waals surface area contributed by atoms with Gasteiger partial charge in [-0.25, -0.2) is 0 Å². The molecule has 1 aliphatic rings. The number of carbonyl (C=O) groups is 1. The Morgan fingerprint density at radius 1 is 1.12 bits per heavy atom. The van der Waals surface area contributed by atoms with Gasteiger partial charge in [-0.3, -0.25) is 9.48 Å². The van der Waals surface area contributed by atoms with E-state index in [0.717, 1.165) is 40.8 Å². The maximum atomic E-state index is 13.3. The van der Waals surface area contributed by atoms with Crippen molar-refractivity contribution in [3.8, 4) is 17.2 Å². The number of carbonyl (C=O) groups excluding carboxylic acids is 1. The van der Waals surface area contributed by atoms with Crippen LogP contribution in [0.1, 0.15) is 36.8 Å². The fraction of sp³-hybridized carbons (Fsp3) is 0.250. The van der Waals surface area contributed by atoms with Gasteiger partial charge in [-0.1, -0.05) is 49.4 Å². The third-order valence-electron chi connectivity index (χ3n) is 6.05. The summed E-state index contributed by atoms with van der Waals surface area (Å²) >= 11 is 0. The molecule has 0 radical (unpaired) electrons. The van der Waals surface area contributed by atoms with Gasteiger partial charge < -0.3 is 10.6 Å². The molecule has 4 rings (SSSR count). The lowest BCUT2D eigenvalue weighted by Crippen LogP contribution is -2.43. The molecule has 0 saturated heterocycles. The zero-order chi connectivity index (χ0) is 23.9. The van der Waals surface area contributed by atoms with Gasteiger partial charge in [-0.05, 0) is 59.7 Å². The van der Waals surface area contributed by atoms with E-state index >= 15 is 0 Å². The number of amides is 1. The van der Waals surface area contributed by atoms with Crippen LogP contribution in [0.3, 0.4) is 0 Å². The Hall–Kier alpha value is -3.95. The van der Waals surface area contributed by atoms with Crippen LogP contribution in [0.25, 0.3) is 11.1 Å². The fourth-order valence-corrected chi connectivity index (χ4v) is 4.04. The van der Waals surface area contributed by atoms with E-state index in [-0.39, 0.29) is 11.8 Å². The number of anilines is 1. The van der Waals surface area contributed by atoms with Gasteiger partial charge in [0.2, 0.25) is 5.91 Å². The molecule has 2 N–H and O–H groups in total. The molecule has 1 aromatic heterocycles. The lowest BCUT2D eigenvalue weighted by molar-refractivity contribution is -0.117. The van der Waals surface area contributed by atoms with Crippen molar-refractivity contribution in [2.45, 2.75) is 31.7 Å². The van der Waals surface area contributed by atoms with Crippen molar-refractivity contribution < 1.29 is 4.79 Å². The lowest BCUT2D eigenvalue weighted by atomic mass is 9.96. The molecule has 34 heavy (non-hydrogen) atoms. The van der Waals surface area contributed by atoms with E-state index < -0.39 is 6.04 Å². The van der Waals surface area contributed by atoms with E-state index in [0.29, 0.717) is 12.1 Å². The highest BCUT2D eigenvalue weighted by molar-refractivity contribution is 5.97. The molecule has 0 bridgehead atoms. The van der Waals surface area contributed by atoms with E-state index in [1.165, 1.54) is 0 Å². The molecule has 1 heterocycles. The number of nitrogens with one attached hydrogen (secondary N) is 2. The van der Waals surface area contributed by atoms with Crippen LogP contribution in [0.15, 0.2) is 84.7 Å². The molecule has 3 aromatic rings. The first-order chi connectivity index (χ1) is 16.5. The Morgan fingerprint density at radius 2 is 1.88 bits per heavy atom. The van der Waals surface area contributed by atoms with Crippen LogP contribution in [0, 0.1) is 11.3 Å². The zero-order valence-corrected chi connectivity index (χ0v) is 19.5. The summed E-state index contributed by atoms with van der Waals surface area (Å²) in [5.41, 5.74) is 5.61. The maximum absolute atomic E-state index is 13.3. The van der Waals surface area contributed by atoms with Gasteiger partial charge in [0.25, 0.3) is 0 Å². The summed E-state index contributed by atoms with van der Waals surface area (Å²) < 4.78 is 1.77. The van der Waals surface area contributed by atoms with Crippen LogP contribution in [0.5, 0.6) is 0 Å². The van der Waals surface area contributed by atoms with Crippen molar-refractivity contribution in [3.05, 3.63) is 95.9 Å². The third-order valence-corrected chi connectivity index (χ3v) is 6.05. The minimum absolute atomic E-state index is 0.0843. The van der Waals surface area contributed by atoms with Gasteiger partial charge >= 0.3 is 0 Å². The van der Waals surface area contributed by atoms with E-state index in [4.69, 9.17) is 5.26 Å². The predicted molar refractivity (Wildman–Crippen MR) is 135 cm³/mol. The Morgan fingerprint density at radius 3 is 2.50 bits per heavy atom. The molecule has 0 saturated carbocycles. The number of hydrogen-bond donors (Lipinski definition) is 2. The molecule has 172 valence electrons. The number of benzene rings is 2. The third kappa shape index (κ3) is 5.69. The Balaban J connectivity index is 1.44. The molecule has 1 aliphatic carbocycles. The van der Waals surface area contributed by atoms with E-state index in [1.54, 1.807) is 4.68 Å². The second kappa shape index (κ2) is 10.8. The van der Waals surface area contributed by atoms with Gasteiger partial charge in [0.05, 0.1) is 17.8 Å². The van der Waals surface area contributed by atoms with Crippen molar-refractivity contribution in [2.24, 2.45) is 7.05 Å². The van der Waals surface area contributed by atoms with Crippen LogP contribution in [0.4, 0.5) is 5.69 Å². The summed E-state index contributed by atoms with van der Waals surface area (Å²) in [7, 11) is 1.89. The van der Waals surface area contributed by atoms with E-state index in [2.05, 4.69) is 40.9 Å². The largest absolute Gasteiger partial charge is 0.324 e. The van der Waals surface area contributed by atoms with Crippen LogP contribution >= 0.6 is 0 Å². The molecule has 1 amide bonds. The Kier molecular flexibility index (Phi) is 7.36. The Bertz CT molecular complexity index is 1230. The molecule has 2 unspecified atom stereocenters. The van der Waals surface area contributed by atoms with Gasteiger partial charge in [-0.2, -0.15) is 10.4 Å². The van der Waals surface area contributed by atoms with Crippen LogP contribution in [-0.2, 0) is 11.8 Å². The monoisotopic (exact) mass is 451 g/mol. The van der Waals surface area contributed by atoms with Crippen molar-refractivity contribution in [2.75, 3.05) is 11.9 Å². The number of hydrogen-bond acceptors (Lipinski definition) is 4.